The highest BCUT2D eigenvalue weighted by molar-refractivity contribution is 7.10. The van der Waals surface area contributed by atoms with E-state index in [4.69, 9.17) is 11.6 Å². The molecule has 0 amide bonds. The van der Waals surface area contributed by atoms with Crippen LogP contribution in [0.15, 0.2) is 0 Å². The van der Waals surface area contributed by atoms with Crippen molar-refractivity contribution >= 4 is 23.1 Å². The quantitative estimate of drug-likeness (QED) is 0.810. The van der Waals surface area contributed by atoms with E-state index in [0.29, 0.717) is 17.4 Å². The highest BCUT2D eigenvalue weighted by Crippen LogP contribution is 2.18. The molecule has 0 saturated carbocycles. The van der Waals surface area contributed by atoms with E-state index in [2.05, 4.69) is 26.4 Å². The Morgan fingerprint density at radius 3 is 2.70 bits per heavy atom. The summed E-state index contributed by atoms with van der Waals surface area (Å²) in [6.07, 6.45) is -0.353. The van der Waals surface area contributed by atoms with Gasteiger partial charge in [0.15, 0.2) is 0 Å². The monoisotopic (exact) mass is 319 g/mol. The lowest BCUT2D eigenvalue weighted by Gasteiger charge is -2.34. The number of hydrogen-bond acceptors (Lipinski definition) is 7. The van der Waals surface area contributed by atoms with Gasteiger partial charge in [0, 0.05) is 57.3 Å². The summed E-state index contributed by atoms with van der Waals surface area (Å²) in [7, 11) is 4.09. The third kappa shape index (κ3) is 4.91. The number of aromatic nitrogens is 2. The van der Waals surface area contributed by atoms with Crippen LogP contribution < -0.4 is 0 Å². The van der Waals surface area contributed by atoms with Crippen LogP contribution in [0.3, 0.4) is 0 Å². The summed E-state index contributed by atoms with van der Waals surface area (Å²) in [6, 6.07) is 0. The Bertz CT molecular complexity index is 410. The molecule has 2 heterocycles. The fourth-order valence-corrected chi connectivity index (χ4v) is 2.97. The summed E-state index contributed by atoms with van der Waals surface area (Å²) in [4.78, 5) is 6.66. The number of nitrogens with zero attached hydrogens (tertiary/aromatic N) is 5. The molecular weight excluding hydrogens is 298 g/mol. The molecule has 114 valence electrons. The zero-order valence-electron chi connectivity index (χ0n) is 12.0. The Hall–Kier alpha value is -0.310. The number of β-amino-alcohol motifs (C(OH)–C–C–N with tert-alkyl or cyclic N) is 1. The summed E-state index contributed by atoms with van der Waals surface area (Å²) in [5, 5.41) is 14.2. The zero-order chi connectivity index (χ0) is 14.5. The number of halogens is 1. The fraction of sp³-hybridized carbons (Fsp3) is 0.833. The highest BCUT2D eigenvalue weighted by Gasteiger charge is 2.18. The molecule has 1 aromatic rings. The Kier molecular flexibility index (Phi) is 6.13. The second kappa shape index (κ2) is 7.63. The van der Waals surface area contributed by atoms with Gasteiger partial charge < -0.3 is 10.0 Å². The molecule has 0 aromatic carbocycles. The minimum absolute atomic E-state index is 0.353. The molecule has 1 aliphatic rings. The lowest BCUT2D eigenvalue weighted by atomic mass is 10.2. The molecule has 0 bridgehead atoms. The fourth-order valence-electron chi connectivity index (χ4n) is 2.36. The first-order valence-corrected chi connectivity index (χ1v) is 7.94. The number of aliphatic hydroxyl groups excluding tert-OH is 1. The van der Waals surface area contributed by atoms with Gasteiger partial charge in [-0.25, -0.2) is 0 Å². The molecule has 1 fully saturated rings. The van der Waals surface area contributed by atoms with E-state index in [0.717, 1.165) is 38.4 Å². The van der Waals surface area contributed by atoms with Crippen LogP contribution in [0, 0.1) is 0 Å². The normalized spacial score (nSPS) is 19.6. The smallest absolute Gasteiger partial charge is 0.138 e. The van der Waals surface area contributed by atoms with Crippen LogP contribution in [0.1, 0.15) is 5.69 Å². The summed E-state index contributed by atoms with van der Waals surface area (Å²) in [5.74, 6) is 0. The minimum atomic E-state index is -0.353. The summed E-state index contributed by atoms with van der Waals surface area (Å²) < 4.78 is 4.44. The molecule has 20 heavy (non-hydrogen) atoms. The van der Waals surface area contributed by atoms with E-state index in [-0.39, 0.29) is 6.10 Å². The van der Waals surface area contributed by atoms with Crippen LogP contribution in [0.5, 0.6) is 0 Å². The largest absolute Gasteiger partial charge is 0.390 e. The standard InChI is InChI=1S/C12H22ClN5OS/c1-16-3-5-18(6-4-16)8-10(19)7-17(2)9-11-12(13)20-15-14-11/h10,19H,3-9H2,1-2H3. The molecule has 6 nitrogen and oxygen atoms in total. The van der Waals surface area contributed by atoms with Gasteiger partial charge in [-0.05, 0) is 14.1 Å². The van der Waals surface area contributed by atoms with E-state index >= 15 is 0 Å². The average molecular weight is 320 g/mol. The Balaban J connectivity index is 1.71. The molecule has 0 aliphatic carbocycles. The van der Waals surface area contributed by atoms with Gasteiger partial charge in [-0.1, -0.05) is 16.1 Å². The van der Waals surface area contributed by atoms with Crippen molar-refractivity contribution in [3.63, 3.8) is 0 Å². The van der Waals surface area contributed by atoms with Crippen LogP contribution in [0.2, 0.25) is 4.34 Å². The summed E-state index contributed by atoms with van der Waals surface area (Å²) in [5.41, 5.74) is 0.783. The van der Waals surface area contributed by atoms with Crippen molar-refractivity contribution in [2.45, 2.75) is 12.6 Å². The molecule has 8 heteroatoms. The molecule has 1 aliphatic heterocycles. The van der Waals surface area contributed by atoms with E-state index in [1.54, 1.807) is 0 Å². The van der Waals surface area contributed by atoms with Crippen molar-refractivity contribution in [2.24, 2.45) is 0 Å². The minimum Gasteiger partial charge on any atom is -0.390 e. The van der Waals surface area contributed by atoms with Gasteiger partial charge in [-0.3, -0.25) is 9.80 Å². The maximum absolute atomic E-state index is 10.2. The molecule has 0 spiro atoms. The van der Waals surface area contributed by atoms with Crippen molar-refractivity contribution < 1.29 is 5.11 Å². The van der Waals surface area contributed by atoms with Gasteiger partial charge in [-0.2, -0.15) is 0 Å². The first-order chi connectivity index (χ1) is 9.54. The molecule has 2 rings (SSSR count). The Labute approximate surface area is 129 Å². The van der Waals surface area contributed by atoms with Gasteiger partial charge >= 0.3 is 0 Å². The predicted molar refractivity (Wildman–Crippen MR) is 81.2 cm³/mol. The molecule has 0 radical (unpaired) electrons. The average Bonchev–Trinajstić information content (AvgIpc) is 2.77. The highest BCUT2D eigenvalue weighted by atomic mass is 35.5. The van der Waals surface area contributed by atoms with Crippen molar-refractivity contribution in [3.8, 4) is 0 Å². The van der Waals surface area contributed by atoms with Gasteiger partial charge in [0.2, 0.25) is 0 Å². The second-order valence-corrected chi connectivity index (χ2v) is 6.80. The van der Waals surface area contributed by atoms with Crippen LogP contribution in [-0.2, 0) is 6.54 Å². The van der Waals surface area contributed by atoms with Crippen molar-refractivity contribution in [1.82, 2.24) is 24.3 Å². The molecule has 1 N–H and O–H groups in total. The van der Waals surface area contributed by atoms with Gasteiger partial charge in [0.05, 0.1) is 6.10 Å². The van der Waals surface area contributed by atoms with E-state index < -0.39 is 0 Å². The topological polar surface area (TPSA) is 55.7 Å². The number of hydrogen-bond donors (Lipinski definition) is 1. The van der Waals surface area contributed by atoms with Gasteiger partial charge in [0.25, 0.3) is 0 Å². The molecule has 1 atom stereocenters. The van der Waals surface area contributed by atoms with Crippen LogP contribution in [0.4, 0.5) is 0 Å². The Morgan fingerprint density at radius 2 is 2.10 bits per heavy atom. The molecule has 1 aromatic heterocycles. The predicted octanol–water partition coefficient (Wildman–Crippen LogP) is 0.232. The third-order valence-electron chi connectivity index (χ3n) is 3.52. The zero-order valence-corrected chi connectivity index (χ0v) is 13.6. The SMILES string of the molecule is CN1CCN(CC(O)CN(C)Cc2nnsc2Cl)CC1. The lowest BCUT2D eigenvalue weighted by Crippen LogP contribution is -2.48. The first kappa shape index (κ1) is 16.1. The summed E-state index contributed by atoms with van der Waals surface area (Å²) in [6.45, 7) is 6.15. The van der Waals surface area contributed by atoms with E-state index in [9.17, 15) is 5.11 Å². The molecule has 1 saturated heterocycles. The number of aliphatic hydroxyl groups is 1. The first-order valence-electron chi connectivity index (χ1n) is 6.79. The summed E-state index contributed by atoms with van der Waals surface area (Å²) >= 11 is 7.18. The van der Waals surface area contributed by atoms with Crippen LogP contribution in [-0.4, -0.2) is 88.9 Å². The van der Waals surface area contributed by atoms with Gasteiger partial charge in [0.1, 0.15) is 10.0 Å². The van der Waals surface area contributed by atoms with Crippen molar-refractivity contribution in [1.29, 1.82) is 0 Å². The number of rotatable bonds is 6. The number of piperazine rings is 1. The van der Waals surface area contributed by atoms with Crippen LogP contribution in [0.25, 0.3) is 0 Å². The molecule has 1 unspecified atom stereocenters. The van der Waals surface area contributed by atoms with Crippen LogP contribution >= 0.6 is 23.1 Å². The second-order valence-electron chi connectivity index (χ2n) is 5.45. The number of likely N-dealkylation sites (N-methyl/N-ethyl adjacent to an activating group) is 2. The molecular formula is C12H22ClN5OS. The van der Waals surface area contributed by atoms with Gasteiger partial charge in [-0.15, -0.1) is 5.10 Å². The van der Waals surface area contributed by atoms with Crippen molar-refractivity contribution in [2.75, 3.05) is 53.4 Å². The lowest BCUT2D eigenvalue weighted by molar-refractivity contribution is 0.0591. The van der Waals surface area contributed by atoms with E-state index in [1.165, 1.54) is 11.5 Å². The van der Waals surface area contributed by atoms with E-state index in [1.807, 2.05) is 11.9 Å². The Morgan fingerprint density at radius 1 is 1.40 bits per heavy atom. The third-order valence-corrected chi connectivity index (χ3v) is 4.50. The maximum Gasteiger partial charge on any atom is 0.138 e. The van der Waals surface area contributed by atoms with Crippen molar-refractivity contribution in [3.05, 3.63) is 10.0 Å². The maximum atomic E-state index is 10.2.